The Kier molecular flexibility index (Phi) is 3.20. The van der Waals surface area contributed by atoms with E-state index in [1.807, 2.05) is 0 Å². The highest BCUT2D eigenvalue weighted by atomic mass is 32.2. The molecule has 0 spiro atoms. The zero-order valence-corrected chi connectivity index (χ0v) is 8.34. The molecule has 0 amide bonds. The molecule has 1 rings (SSSR count). The van der Waals surface area contributed by atoms with Crippen molar-refractivity contribution in [3.63, 3.8) is 0 Å². The molecular weight excluding hydrogens is 209 g/mol. The van der Waals surface area contributed by atoms with E-state index < -0.39 is 15.7 Å². The summed E-state index contributed by atoms with van der Waals surface area (Å²) in [4.78, 5) is 4.21. The van der Waals surface area contributed by atoms with Gasteiger partial charge >= 0.3 is 0 Å². The molecule has 0 radical (unpaired) electrons. The van der Waals surface area contributed by atoms with Gasteiger partial charge in [0.1, 0.15) is 5.82 Å². The molecule has 0 atom stereocenters. The van der Waals surface area contributed by atoms with E-state index >= 15 is 0 Å². The van der Waals surface area contributed by atoms with Crippen molar-refractivity contribution in [3.8, 4) is 0 Å². The van der Waals surface area contributed by atoms with Crippen molar-refractivity contribution < 1.29 is 17.6 Å². The van der Waals surface area contributed by atoms with Crippen LogP contribution in [0.15, 0.2) is 23.1 Å². The van der Waals surface area contributed by atoms with Crippen LogP contribution in [-0.2, 0) is 21.3 Å². The highest BCUT2D eigenvalue weighted by Gasteiger charge is 2.10. The van der Waals surface area contributed by atoms with Gasteiger partial charge in [0, 0.05) is 6.26 Å². The number of sulfone groups is 1. The molecule has 0 fully saturated rings. The Hall–Kier alpha value is -0.980. The fourth-order valence-corrected chi connectivity index (χ4v) is 1.71. The highest BCUT2D eigenvalue weighted by Crippen LogP contribution is 2.14. The third-order valence-corrected chi connectivity index (χ3v) is 2.70. The predicted octanol–water partition coefficient (Wildman–Crippen LogP) is 0.620. The van der Waals surface area contributed by atoms with E-state index in [2.05, 4.69) is 4.84 Å². The molecule has 1 aromatic rings. The molecule has 0 unspecified atom stereocenters. The van der Waals surface area contributed by atoms with Crippen LogP contribution in [0, 0.1) is 5.82 Å². The van der Waals surface area contributed by atoms with Crippen LogP contribution in [0.1, 0.15) is 5.56 Å². The summed E-state index contributed by atoms with van der Waals surface area (Å²) in [5, 5.41) is 0. The Balaban J connectivity index is 3.21. The van der Waals surface area contributed by atoms with Crippen LogP contribution >= 0.6 is 0 Å². The third-order valence-electron chi connectivity index (χ3n) is 1.61. The summed E-state index contributed by atoms with van der Waals surface area (Å²) in [5.74, 6) is 4.17. The Bertz CT molecular complexity index is 430. The zero-order chi connectivity index (χ0) is 10.8. The van der Waals surface area contributed by atoms with E-state index in [4.69, 9.17) is 5.90 Å². The molecule has 0 saturated carbocycles. The average Bonchev–Trinajstić information content (AvgIpc) is 2.02. The Morgan fingerprint density at radius 2 is 2.07 bits per heavy atom. The molecule has 0 bridgehead atoms. The second-order valence-electron chi connectivity index (χ2n) is 2.88. The van der Waals surface area contributed by atoms with Gasteiger partial charge in [0.25, 0.3) is 0 Å². The van der Waals surface area contributed by atoms with Gasteiger partial charge in [-0.15, -0.1) is 0 Å². The molecule has 0 aliphatic rings. The summed E-state index contributed by atoms with van der Waals surface area (Å²) in [6, 6.07) is 3.45. The molecule has 4 nitrogen and oxygen atoms in total. The molecule has 0 aliphatic carbocycles. The van der Waals surface area contributed by atoms with Crippen LogP contribution in [0.25, 0.3) is 0 Å². The molecule has 14 heavy (non-hydrogen) atoms. The van der Waals surface area contributed by atoms with Gasteiger partial charge in [0.15, 0.2) is 9.84 Å². The molecule has 0 aliphatic heterocycles. The lowest BCUT2D eigenvalue weighted by atomic mass is 10.2. The molecule has 0 saturated heterocycles. The van der Waals surface area contributed by atoms with Gasteiger partial charge < -0.3 is 0 Å². The largest absolute Gasteiger partial charge is 0.300 e. The van der Waals surface area contributed by atoms with Gasteiger partial charge in [0.05, 0.1) is 11.5 Å². The van der Waals surface area contributed by atoms with Gasteiger partial charge in [-0.2, -0.15) is 0 Å². The van der Waals surface area contributed by atoms with Gasteiger partial charge in [-0.25, -0.2) is 18.7 Å². The number of nitrogens with two attached hydrogens (primary N) is 1. The normalized spacial score (nSPS) is 11.6. The van der Waals surface area contributed by atoms with Crippen LogP contribution in [0.5, 0.6) is 0 Å². The average molecular weight is 219 g/mol. The lowest BCUT2D eigenvalue weighted by Crippen LogP contribution is -2.03. The second kappa shape index (κ2) is 4.04. The Morgan fingerprint density at radius 3 is 2.57 bits per heavy atom. The van der Waals surface area contributed by atoms with Crippen LogP contribution in [0.3, 0.4) is 0 Å². The summed E-state index contributed by atoms with van der Waals surface area (Å²) in [6.45, 7) is -0.0275. The fourth-order valence-electron chi connectivity index (χ4n) is 1.01. The molecule has 78 valence electrons. The van der Waals surface area contributed by atoms with Gasteiger partial charge in [-0.05, 0) is 23.8 Å². The van der Waals surface area contributed by atoms with E-state index in [-0.39, 0.29) is 11.5 Å². The minimum atomic E-state index is -3.40. The first-order chi connectivity index (χ1) is 6.43. The van der Waals surface area contributed by atoms with Crippen LogP contribution in [0.4, 0.5) is 4.39 Å². The monoisotopic (exact) mass is 219 g/mol. The SMILES string of the molecule is CS(=O)(=O)c1cc(F)cc(CON)c1. The van der Waals surface area contributed by atoms with E-state index in [0.29, 0.717) is 5.56 Å². The summed E-state index contributed by atoms with van der Waals surface area (Å²) in [6.07, 6.45) is 1.01. The summed E-state index contributed by atoms with van der Waals surface area (Å²) in [7, 11) is -3.40. The number of halogens is 1. The molecule has 0 aromatic heterocycles. The second-order valence-corrected chi connectivity index (χ2v) is 4.89. The zero-order valence-electron chi connectivity index (χ0n) is 7.53. The number of hydrogen-bond donors (Lipinski definition) is 1. The number of rotatable bonds is 3. The summed E-state index contributed by atoms with van der Waals surface area (Å²) in [5.41, 5.74) is 0.382. The van der Waals surface area contributed by atoms with Gasteiger partial charge in [0.2, 0.25) is 0 Å². The van der Waals surface area contributed by atoms with Crippen molar-refractivity contribution >= 4 is 9.84 Å². The van der Waals surface area contributed by atoms with Crippen molar-refractivity contribution in [1.29, 1.82) is 0 Å². The summed E-state index contributed by atoms with van der Waals surface area (Å²) < 4.78 is 35.1. The molecule has 2 N–H and O–H groups in total. The van der Waals surface area contributed by atoms with Crippen molar-refractivity contribution in [2.45, 2.75) is 11.5 Å². The van der Waals surface area contributed by atoms with E-state index in [9.17, 15) is 12.8 Å². The minimum absolute atomic E-state index is 0.0275. The molecule has 0 heterocycles. The predicted molar refractivity (Wildman–Crippen MR) is 48.5 cm³/mol. The van der Waals surface area contributed by atoms with Crippen molar-refractivity contribution in [3.05, 3.63) is 29.6 Å². The first-order valence-electron chi connectivity index (χ1n) is 3.74. The standard InChI is InChI=1S/C8H10FNO3S/c1-14(11,12)8-3-6(5-13-10)2-7(9)4-8/h2-4H,5,10H2,1H3. The van der Waals surface area contributed by atoms with E-state index in [1.54, 1.807) is 0 Å². The van der Waals surface area contributed by atoms with Gasteiger partial charge in [-0.3, -0.25) is 4.84 Å². The van der Waals surface area contributed by atoms with Crippen LogP contribution < -0.4 is 5.90 Å². The van der Waals surface area contributed by atoms with Gasteiger partial charge in [-0.1, -0.05) is 0 Å². The Labute approximate surface area is 81.4 Å². The first kappa shape index (κ1) is 11.1. The Morgan fingerprint density at radius 1 is 1.43 bits per heavy atom. The smallest absolute Gasteiger partial charge is 0.175 e. The maximum absolute atomic E-state index is 12.9. The van der Waals surface area contributed by atoms with Crippen molar-refractivity contribution in [2.24, 2.45) is 5.90 Å². The van der Waals surface area contributed by atoms with E-state index in [0.717, 1.165) is 12.3 Å². The molecular formula is C8H10FNO3S. The third kappa shape index (κ3) is 2.76. The minimum Gasteiger partial charge on any atom is -0.300 e. The van der Waals surface area contributed by atoms with Crippen molar-refractivity contribution in [2.75, 3.05) is 6.26 Å². The van der Waals surface area contributed by atoms with Crippen LogP contribution in [-0.4, -0.2) is 14.7 Å². The number of benzene rings is 1. The van der Waals surface area contributed by atoms with E-state index in [1.165, 1.54) is 12.1 Å². The molecule has 6 heteroatoms. The topological polar surface area (TPSA) is 69.4 Å². The maximum atomic E-state index is 12.9. The van der Waals surface area contributed by atoms with Crippen molar-refractivity contribution in [1.82, 2.24) is 0 Å². The highest BCUT2D eigenvalue weighted by molar-refractivity contribution is 7.90. The first-order valence-corrected chi connectivity index (χ1v) is 5.64. The number of hydrogen-bond acceptors (Lipinski definition) is 4. The summed E-state index contributed by atoms with van der Waals surface area (Å²) >= 11 is 0. The lowest BCUT2D eigenvalue weighted by Gasteiger charge is -2.03. The van der Waals surface area contributed by atoms with Crippen LogP contribution in [0.2, 0.25) is 0 Å². The molecule has 1 aromatic carbocycles. The lowest BCUT2D eigenvalue weighted by molar-refractivity contribution is 0.123. The quantitative estimate of drug-likeness (QED) is 0.756. The maximum Gasteiger partial charge on any atom is 0.175 e. The fraction of sp³-hybridized carbons (Fsp3) is 0.250.